The molecular formula is C27H23NO5S. The summed E-state index contributed by atoms with van der Waals surface area (Å²) in [4.78, 5) is 12.5. The van der Waals surface area contributed by atoms with Gasteiger partial charge >= 0.3 is 5.63 Å². The standard InChI is InChI=1S/C27H23NO5S/c1-27(2)14-13-20-21(18-9-11-19(12-10-18)28-34(3,30)31)15-23-25(26(20)33-27)22(16-24(29)32-23)17-7-5-4-6-8-17/h4-16,28H,1-3H3. The van der Waals surface area contributed by atoms with Gasteiger partial charge in [-0.05, 0) is 54.8 Å². The molecule has 0 atom stereocenters. The molecular weight excluding hydrogens is 450 g/mol. The molecule has 0 spiro atoms. The van der Waals surface area contributed by atoms with E-state index in [9.17, 15) is 13.2 Å². The van der Waals surface area contributed by atoms with Gasteiger partial charge in [-0.15, -0.1) is 0 Å². The zero-order chi connectivity index (χ0) is 24.1. The minimum atomic E-state index is -3.38. The number of ether oxygens (including phenoxy) is 1. The Morgan fingerprint density at radius 3 is 2.24 bits per heavy atom. The lowest BCUT2D eigenvalue weighted by atomic mass is 9.90. The van der Waals surface area contributed by atoms with Gasteiger partial charge in [-0.3, -0.25) is 4.72 Å². The third-order valence-corrected chi connectivity index (χ3v) is 6.23. The first-order valence-corrected chi connectivity index (χ1v) is 12.7. The lowest BCUT2D eigenvalue weighted by Crippen LogP contribution is -2.28. The Morgan fingerprint density at radius 1 is 0.882 bits per heavy atom. The molecule has 4 aromatic rings. The second-order valence-corrected chi connectivity index (χ2v) is 10.6. The van der Waals surface area contributed by atoms with E-state index < -0.39 is 21.2 Å². The second kappa shape index (κ2) is 7.88. The highest BCUT2D eigenvalue weighted by atomic mass is 32.2. The van der Waals surface area contributed by atoms with Crippen molar-refractivity contribution in [2.75, 3.05) is 11.0 Å². The van der Waals surface area contributed by atoms with Crippen LogP contribution in [0.15, 0.2) is 82.0 Å². The van der Waals surface area contributed by atoms with Crippen molar-refractivity contribution in [1.29, 1.82) is 0 Å². The molecule has 5 rings (SSSR count). The molecule has 1 aliphatic heterocycles. The number of sulfonamides is 1. The minimum Gasteiger partial charge on any atom is -0.482 e. The van der Waals surface area contributed by atoms with Gasteiger partial charge in [0.1, 0.15) is 16.9 Å². The molecule has 1 aliphatic rings. The van der Waals surface area contributed by atoms with E-state index in [0.29, 0.717) is 17.0 Å². The topological polar surface area (TPSA) is 85.6 Å². The molecule has 0 saturated carbocycles. The zero-order valence-corrected chi connectivity index (χ0v) is 19.8. The predicted molar refractivity (Wildman–Crippen MR) is 136 cm³/mol. The van der Waals surface area contributed by atoms with Crippen LogP contribution in [0, 0.1) is 0 Å². The monoisotopic (exact) mass is 473 g/mol. The molecule has 1 N–H and O–H groups in total. The molecule has 172 valence electrons. The molecule has 0 unspecified atom stereocenters. The molecule has 3 aromatic carbocycles. The lowest BCUT2D eigenvalue weighted by Gasteiger charge is -2.30. The van der Waals surface area contributed by atoms with Gasteiger partial charge in [-0.2, -0.15) is 0 Å². The number of rotatable bonds is 4. The van der Waals surface area contributed by atoms with Crippen LogP contribution in [0.4, 0.5) is 5.69 Å². The van der Waals surface area contributed by atoms with E-state index in [1.54, 1.807) is 12.1 Å². The van der Waals surface area contributed by atoms with Crippen LogP contribution in [-0.4, -0.2) is 20.3 Å². The maximum atomic E-state index is 12.5. The maximum Gasteiger partial charge on any atom is 0.336 e. The normalized spacial score (nSPS) is 14.4. The summed E-state index contributed by atoms with van der Waals surface area (Å²) in [6.45, 7) is 3.94. The van der Waals surface area contributed by atoms with Gasteiger partial charge in [0.25, 0.3) is 0 Å². The highest BCUT2D eigenvalue weighted by molar-refractivity contribution is 7.92. The quantitative estimate of drug-likeness (QED) is 0.385. The van der Waals surface area contributed by atoms with Crippen molar-refractivity contribution >= 4 is 32.8 Å². The lowest BCUT2D eigenvalue weighted by molar-refractivity contribution is 0.161. The first-order chi connectivity index (χ1) is 16.1. The van der Waals surface area contributed by atoms with Gasteiger partial charge in [0.15, 0.2) is 0 Å². The average Bonchev–Trinajstić information content (AvgIpc) is 2.77. The summed E-state index contributed by atoms with van der Waals surface area (Å²) in [6.07, 6.45) is 5.12. The summed E-state index contributed by atoms with van der Waals surface area (Å²) in [7, 11) is -3.38. The predicted octanol–water partition coefficient (Wildman–Crippen LogP) is 5.68. The van der Waals surface area contributed by atoms with Crippen molar-refractivity contribution in [1.82, 2.24) is 0 Å². The van der Waals surface area contributed by atoms with Crippen LogP contribution in [0.5, 0.6) is 5.75 Å². The molecule has 6 nitrogen and oxygen atoms in total. The molecule has 1 aromatic heterocycles. The number of hydrogen-bond donors (Lipinski definition) is 1. The van der Waals surface area contributed by atoms with Crippen LogP contribution in [0.3, 0.4) is 0 Å². The molecule has 0 amide bonds. The average molecular weight is 474 g/mol. The van der Waals surface area contributed by atoms with Crippen molar-refractivity contribution in [3.05, 3.63) is 88.8 Å². The Labute approximate surface area is 197 Å². The van der Waals surface area contributed by atoms with E-state index in [1.807, 2.05) is 74.5 Å². The number of benzene rings is 3. The Bertz CT molecular complexity index is 1600. The van der Waals surface area contributed by atoms with E-state index >= 15 is 0 Å². The first-order valence-electron chi connectivity index (χ1n) is 10.8. The number of anilines is 1. The SMILES string of the molecule is CC1(C)C=Cc2c(-c3ccc(NS(C)(=O)=O)cc3)cc3oc(=O)cc(-c4ccccc4)c3c2O1. The summed E-state index contributed by atoms with van der Waals surface area (Å²) in [6, 6.07) is 20.0. The molecule has 34 heavy (non-hydrogen) atoms. The minimum absolute atomic E-state index is 0.421. The fraction of sp³-hybridized carbons (Fsp3) is 0.148. The van der Waals surface area contributed by atoms with Gasteiger partial charge in [0.2, 0.25) is 10.0 Å². The molecule has 0 bridgehead atoms. The summed E-state index contributed by atoms with van der Waals surface area (Å²) in [5, 5.41) is 0.734. The summed E-state index contributed by atoms with van der Waals surface area (Å²) < 4.78 is 37.7. The van der Waals surface area contributed by atoms with Crippen LogP contribution in [-0.2, 0) is 10.0 Å². The third-order valence-electron chi connectivity index (χ3n) is 5.63. The molecule has 0 fully saturated rings. The van der Waals surface area contributed by atoms with E-state index in [2.05, 4.69) is 4.72 Å². The van der Waals surface area contributed by atoms with Crippen LogP contribution >= 0.6 is 0 Å². The Hall–Kier alpha value is -3.84. The summed E-state index contributed by atoms with van der Waals surface area (Å²) >= 11 is 0. The van der Waals surface area contributed by atoms with Crippen LogP contribution in [0.25, 0.3) is 39.3 Å². The summed E-state index contributed by atoms with van der Waals surface area (Å²) in [5.74, 6) is 0.640. The maximum absolute atomic E-state index is 12.5. The highest BCUT2D eigenvalue weighted by Gasteiger charge is 2.28. The fourth-order valence-corrected chi connectivity index (χ4v) is 4.75. The molecule has 0 radical (unpaired) electrons. The first kappa shape index (κ1) is 22.0. The molecule has 2 heterocycles. The van der Waals surface area contributed by atoms with Crippen LogP contribution in [0.1, 0.15) is 19.4 Å². The van der Waals surface area contributed by atoms with Gasteiger partial charge in [-0.25, -0.2) is 13.2 Å². The van der Waals surface area contributed by atoms with Gasteiger partial charge in [0.05, 0.1) is 11.6 Å². The number of nitrogens with one attached hydrogen (secondary N) is 1. The largest absolute Gasteiger partial charge is 0.482 e. The Morgan fingerprint density at radius 2 is 1.56 bits per heavy atom. The van der Waals surface area contributed by atoms with E-state index in [0.717, 1.165) is 39.5 Å². The van der Waals surface area contributed by atoms with E-state index in [4.69, 9.17) is 9.15 Å². The van der Waals surface area contributed by atoms with E-state index in [-0.39, 0.29) is 0 Å². The van der Waals surface area contributed by atoms with Crippen molar-refractivity contribution in [3.8, 4) is 28.0 Å². The van der Waals surface area contributed by atoms with Gasteiger partial charge < -0.3 is 9.15 Å². The zero-order valence-electron chi connectivity index (χ0n) is 19.0. The molecule has 0 saturated heterocycles. The molecule has 7 heteroatoms. The van der Waals surface area contributed by atoms with Crippen LogP contribution in [0.2, 0.25) is 0 Å². The number of fused-ring (bicyclic) bond motifs is 3. The number of hydrogen-bond acceptors (Lipinski definition) is 5. The Balaban J connectivity index is 1.78. The highest BCUT2D eigenvalue weighted by Crippen LogP contribution is 2.46. The van der Waals surface area contributed by atoms with Crippen molar-refractivity contribution in [2.24, 2.45) is 0 Å². The Kier molecular flexibility index (Phi) is 5.10. The second-order valence-electron chi connectivity index (χ2n) is 8.88. The smallest absolute Gasteiger partial charge is 0.336 e. The van der Waals surface area contributed by atoms with Crippen molar-refractivity contribution in [3.63, 3.8) is 0 Å². The van der Waals surface area contributed by atoms with Crippen LogP contribution < -0.4 is 15.1 Å². The van der Waals surface area contributed by atoms with Gasteiger partial charge in [-0.1, -0.05) is 48.5 Å². The van der Waals surface area contributed by atoms with Crippen molar-refractivity contribution in [2.45, 2.75) is 19.4 Å². The van der Waals surface area contributed by atoms with E-state index in [1.165, 1.54) is 6.07 Å². The fourth-order valence-electron chi connectivity index (χ4n) is 4.18. The third kappa shape index (κ3) is 4.22. The summed E-state index contributed by atoms with van der Waals surface area (Å²) in [5.41, 5.74) is 4.03. The van der Waals surface area contributed by atoms with Crippen molar-refractivity contribution < 1.29 is 17.6 Å². The van der Waals surface area contributed by atoms with Gasteiger partial charge in [0, 0.05) is 22.9 Å². The molecule has 0 aliphatic carbocycles.